The Morgan fingerprint density at radius 3 is 3.13 bits per heavy atom. The molecule has 1 amide bonds. The molecule has 0 saturated carbocycles. The van der Waals surface area contributed by atoms with Crippen LogP contribution in [0, 0.1) is 11.8 Å². The van der Waals surface area contributed by atoms with Gasteiger partial charge in [-0.05, 0) is 12.8 Å². The van der Waals surface area contributed by atoms with Gasteiger partial charge in [0.1, 0.15) is 0 Å². The zero-order chi connectivity index (χ0) is 11.1. The number of guanidine groups is 1. The van der Waals surface area contributed by atoms with Crippen molar-refractivity contribution in [3.8, 4) is 0 Å². The monoisotopic (exact) mass is 225 g/mol. The predicted molar refractivity (Wildman–Crippen MR) is 59.4 cm³/mol. The van der Waals surface area contributed by atoms with E-state index >= 15 is 0 Å². The van der Waals surface area contributed by atoms with Gasteiger partial charge in [0, 0.05) is 24.4 Å². The minimum Gasteiger partial charge on any atom is -0.370 e. The maximum atomic E-state index is 11.0. The number of unbranched alkanes of at least 4 members (excludes halogenated alkanes) is 1. The van der Waals surface area contributed by atoms with Gasteiger partial charge in [0.15, 0.2) is 5.96 Å². The first kappa shape index (κ1) is 11.6. The molecule has 0 aromatic carbocycles. The van der Waals surface area contributed by atoms with Crippen LogP contribution in [0.4, 0.5) is 0 Å². The zero-order valence-corrected chi connectivity index (χ0v) is 9.01. The summed E-state index contributed by atoms with van der Waals surface area (Å²) in [7, 11) is 0. The van der Waals surface area contributed by atoms with Gasteiger partial charge in [-0.1, -0.05) is 0 Å². The highest BCUT2D eigenvalue weighted by Crippen LogP contribution is 2.08. The van der Waals surface area contributed by atoms with Gasteiger partial charge < -0.3 is 5.73 Å². The lowest BCUT2D eigenvalue weighted by atomic mass is 10.2. The molecule has 1 aromatic rings. The maximum absolute atomic E-state index is 11.0. The van der Waals surface area contributed by atoms with Crippen molar-refractivity contribution in [1.82, 2.24) is 10.3 Å². The molecule has 1 heterocycles. The molecule has 0 aliphatic heterocycles. The highest BCUT2D eigenvalue weighted by Gasteiger charge is 2.02. The van der Waals surface area contributed by atoms with Gasteiger partial charge in [0.05, 0.1) is 5.01 Å². The van der Waals surface area contributed by atoms with Crippen LogP contribution < -0.4 is 11.1 Å². The van der Waals surface area contributed by atoms with Gasteiger partial charge in [-0.15, -0.1) is 11.3 Å². The molecule has 0 aliphatic carbocycles. The summed E-state index contributed by atoms with van der Waals surface area (Å²) < 4.78 is 0. The molecule has 5 nitrogen and oxygen atoms in total. The Bertz CT molecular complexity index is 323. The molecular formula is C9H13N4OS. The first-order chi connectivity index (χ1) is 7.18. The molecule has 0 spiro atoms. The molecule has 0 saturated heterocycles. The summed E-state index contributed by atoms with van der Waals surface area (Å²) in [5, 5.41) is 12.0. The van der Waals surface area contributed by atoms with Crippen molar-refractivity contribution in [2.45, 2.75) is 19.3 Å². The Labute approximate surface area is 92.2 Å². The molecule has 1 rings (SSSR count). The van der Waals surface area contributed by atoms with E-state index in [-0.39, 0.29) is 11.9 Å². The van der Waals surface area contributed by atoms with Gasteiger partial charge in [-0.3, -0.25) is 15.5 Å². The second kappa shape index (κ2) is 6.13. The molecule has 1 aromatic heterocycles. The summed E-state index contributed by atoms with van der Waals surface area (Å²) in [6, 6.07) is 0. The number of hydrogen-bond acceptors (Lipinski definition) is 4. The number of rotatable bonds is 5. The maximum Gasteiger partial charge on any atom is 0.226 e. The van der Waals surface area contributed by atoms with Gasteiger partial charge >= 0.3 is 0 Å². The van der Waals surface area contributed by atoms with Crippen molar-refractivity contribution in [3.05, 3.63) is 23.0 Å². The van der Waals surface area contributed by atoms with Crippen molar-refractivity contribution in [2.75, 3.05) is 0 Å². The molecule has 15 heavy (non-hydrogen) atoms. The Morgan fingerprint density at radius 2 is 2.53 bits per heavy atom. The molecule has 6 heteroatoms. The van der Waals surface area contributed by atoms with E-state index < -0.39 is 0 Å². The van der Waals surface area contributed by atoms with Crippen LogP contribution in [0.2, 0.25) is 0 Å². The van der Waals surface area contributed by atoms with Gasteiger partial charge in [0.2, 0.25) is 5.91 Å². The van der Waals surface area contributed by atoms with E-state index in [9.17, 15) is 4.79 Å². The SMILES string of the molecule is N=C(N)NC(=O)CC[CH]Cc1nccs1. The van der Waals surface area contributed by atoms with Crippen LogP contribution >= 0.6 is 11.3 Å². The van der Waals surface area contributed by atoms with Gasteiger partial charge in [0.25, 0.3) is 0 Å². The lowest BCUT2D eigenvalue weighted by Crippen LogP contribution is -2.35. The quantitative estimate of drug-likeness (QED) is 0.391. The van der Waals surface area contributed by atoms with E-state index in [1.807, 2.05) is 11.8 Å². The molecule has 1 radical (unpaired) electrons. The lowest BCUT2D eigenvalue weighted by molar-refractivity contribution is -0.119. The summed E-state index contributed by atoms with van der Waals surface area (Å²) in [6.45, 7) is 0. The van der Waals surface area contributed by atoms with E-state index in [0.717, 1.165) is 11.4 Å². The fourth-order valence-electron chi connectivity index (χ4n) is 1.03. The van der Waals surface area contributed by atoms with Crippen LogP contribution in [0.25, 0.3) is 0 Å². The lowest BCUT2D eigenvalue weighted by Gasteiger charge is -2.01. The van der Waals surface area contributed by atoms with Crippen molar-refractivity contribution in [2.24, 2.45) is 5.73 Å². The number of aromatic nitrogens is 1. The molecule has 0 atom stereocenters. The van der Waals surface area contributed by atoms with Crippen molar-refractivity contribution < 1.29 is 4.79 Å². The van der Waals surface area contributed by atoms with Crippen LogP contribution in [0.5, 0.6) is 0 Å². The molecule has 0 unspecified atom stereocenters. The molecule has 0 fully saturated rings. The van der Waals surface area contributed by atoms with E-state index in [4.69, 9.17) is 11.1 Å². The highest BCUT2D eigenvalue weighted by atomic mass is 32.1. The zero-order valence-electron chi connectivity index (χ0n) is 8.19. The molecular weight excluding hydrogens is 212 g/mol. The standard InChI is InChI=1S/C9H13N4OS/c10-9(11)13-7(14)3-1-2-4-8-12-5-6-15-8/h2,5-6H,1,3-4H2,(H4,10,11,13,14). The summed E-state index contributed by atoms with van der Waals surface area (Å²) >= 11 is 1.60. The smallest absolute Gasteiger partial charge is 0.226 e. The second-order valence-electron chi connectivity index (χ2n) is 2.92. The minimum atomic E-state index is -0.306. The Morgan fingerprint density at radius 1 is 1.73 bits per heavy atom. The Kier molecular flexibility index (Phi) is 4.76. The van der Waals surface area contributed by atoms with Crippen LogP contribution in [0.3, 0.4) is 0 Å². The minimum absolute atomic E-state index is 0.224. The van der Waals surface area contributed by atoms with Gasteiger partial charge in [-0.25, -0.2) is 4.98 Å². The fourth-order valence-corrected chi connectivity index (χ4v) is 1.64. The summed E-state index contributed by atoms with van der Waals surface area (Å²) in [6.07, 6.45) is 5.56. The fraction of sp³-hybridized carbons (Fsp3) is 0.333. The number of nitrogens with one attached hydrogen (secondary N) is 2. The number of carbonyl (C=O) groups is 1. The number of carbonyl (C=O) groups excluding carboxylic acids is 1. The van der Waals surface area contributed by atoms with E-state index in [0.29, 0.717) is 12.8 Å². The largest absolute Gasteiger partial charge is 0.370 e. The number of thiazole rings is 1. The molecule has 0 bridgehead atoms. The first-order valence-electron chi connectivity index (χ1n) is 4.52. The molecule has 81 valence electrons. The van der Waals surface area contributed by atoms with E-state index in [2.05, 4.69) is 10.3 Å². The first-order valence-corrected chi connectivity index (χ1v) is 5.40. The number of nitrogens with two attached hydrogens (primary N) is 1. The third kappa shape index (κ3) is 5.11. The Hall–Kier alpha value is -1.43. The van der Waals surface area contributed by atoms with Gasteiger partial charge in [-0.2, -0.15) is 0 Å². The number of amides is 1. The summed E-state index contributed by atoms with van der Waals surface area (Å²) in [5.74, 6) is -0.530. The summed E-state index contributed by atoms with van der Waals surface area (Å²) in [4.78, 5) is 15.2. The topological polar surface area (TPSA) is 91.9 Å². The van der Waals surface area contributed by atoms with Crippen molar-refractivity contribution in [3.63, 3.8) is 0 Å². The normalized spacial score (nSPS) is 9.87. The van der Waals surface area contributed by atoms with Crippen molar-refractivity contribution >= 4 is 23.2 Å². The van der Waals surface area contributed by atoms with Crippen LogP contribution in [0.15, 0.2) is 11.6 Å². The van der Waals surface area contributed by atoms with Crippen LogP contribution in [-0.4, -0.2) is 16.9 Å². The molecule has 4 N–H and O–H groups in total. The average Bonchev–Trinajstić information content (AvgIpc) is 2.63. The number of nitrogens with zero attached hydrogens (tertiary/aromatic N) is 1. The predicted octanol–water partition coefficient (Wildman–Crippen LogP) is 0.680. The second-order valence-corrected chi connectivity index (χ2v) is 3.90. The highest BCUT2D eigenvalue weighted by molar-refractivity contribution is 7.09. The van der Waals surface area contributed by atoms with E-state index in [1.165, 1.54) is 0 Å². The van der Waals surface area contributed by atoms with E-state index in [1.54, 1.807) is 17.5 Å². The third-order valence-corrected chi connectivity index (χ3v) is 2.45. The molecule has 0 aliphatic rings. The Balaban J connectivity index is 2.06. The van der Waals surface area contributed by atoms with Crippen LogP contribution in [0.1, 0.15) is 17.8 Å². The van der Waals surface area contributed by atoms with Crippen LogP contribution in [-0.2, 0) is 11.2 Å². The number of hydrogen-bond donors (Lipinski definition) is 3. The average molecular weight is 225 g/mol. The summed E-state index contributed by atoms with van der Waals surface area (Å²) in [5.41, 5.74) is 5.01. The van der Waals surface area contributed by atoms with Crippen molar-refractivity contribution in [1.29, 1.82) is 5.41 Å². The third-order valence-electron chi connectivity index (χ3n) is 1.65.